The first-order chi connectivity index (χ1) is 9.08. The van der Waals surface area contributed by atoms with E-state index in [1.54, 1.807) is 12.1 Å². The molecular formula is C13H9NO5. The quantitative estimate of drug-likeness (QED) is 0.825. The number of benzene rings is 1. The molecule has 0 atom stereocenters. The molecule has 0 unspecified atom stereocenters. The van der Waals surface area contributed by atoms with Gasteiger partial charge >= 0.3 is 5.63 Å². The summed E-state index contributed by atoms with van der Waals surface area (Å²) < 4.78 is 4.82. The lowest BCUT2D eigenvalue weighted by atomic mass is 10.1. The lowest BCUT2D eigenvalue weighted by Gasteiger charge is -1.98. The number of nitrogens with zero attached hydrogens (tertiary/aromatic N) is 1. The second-order valence-electron chi connectivity index (χ2n) is 3.71. The fourth-order valence-electron chi connectivity index (χ4n) is 1.46. The summed E-state index contributed by atoms with van der Waals surface area (Å²) in [4.78, 5) is 21.4. The van der Waals surface area contributed by atoms with Crippen molar-refractivity contribution < 1.29 is 14.6 Å². The minimum atomic E-state index is -0.666. The van der Waals surface area contributed by atoms with Crippen LogP contribution in [0.5, 0.6) is 11.5 Å². The van der Waals surface area contributed by atoms with Gasteiger partial charge in [0.1, 0.15) is 22.9 Å². The second kappa shape index (κ2) is 5.18. The molecule has 1 aromatic heterocycles. The summed E-state index contributed by atoms with van der Waals surface area (Å²) in [5, 5.41) is 21.2. The van der Waals surface area contributed by atoms with Crippen molar-refractivity contribution in [3.8, 4) is 11.5 Å². The normalized spacial score (nSPS) is 10.7. The van der Waals surface area contributed by atoms with Gasteiger partial charge in [-0.25, -0.2) is 4.79 Å². The molecule has 19 heavy (non-hydrogen) atoms. The number of rotatable bonds is 3. The maximum atomic E-state index is 11.0. The van der Waals surface area contributed by atoms with Crippen molar-refractivity contribution in [2.45, 2.75) is 0 Å². The van der Waals surface area contributed by atoms with E-state index >= 15 is 0 Å². The molecule has 0 bridgehead atoms. The van der Waals surface area contributed by atoms with Gasteiger partial charge in [0.15, 0.2) is 0 Å². The van der Waals surface area contributed by atoms with Crippen molar-refractivity contribution in [2.75, 3.05) is 0 Å². The van der Waals surface area contributed by atoms with Crippen LogP contribution in [0.3, 0.4) is 0 Å². The average Bonchev–Trinajstić information content (AvgIpc) is 2.36. The standard InChI is InChI=1S/C13H9NO5/c15-9-6-10(19-13(17)7-9)3-1-8-2-4-12(16)11(5-8)14-18/h1-7,15-16H/b3-1+. The molecule has 6 heteroatoms. The van der Waals surface area contributed by atoms with Crippen LogP contribution >= 0.6 is 0 Å². The zero-order chi connectivity index (χ0) is 13.8. The van der Waals surface area contributed by atoms with Crippen LogP contribution in [0.2, 0.25) is 0 Å². The Labute approximate surface area is 107 Å². The highest BCUT2D eigenvalue weighted by molar-refractivity contribution is 5.70. The van der Waals surface area contributed by atoms with E-state index in [0.717, 1.165) is 6.07 Å². The van der Waals surface area contributed by atoms with E-state index in [4.69, 9.17) is 4.42 Å². The molecule has 0 fully saturated rings. The summed E-state index contributed by atoms with van der Waals surface area (Å²) in [6, 6.07) is 6.49. The SMILES string of the molecule is O=Nc1cc(/C=C/c2cc(O)cc(=O)o2)ccc1O. The summed E-state index contributed by atoms with van der Waals surface area (Å²) in [7, 11) is 0. The Balaban J connectivity index is 2.32. The molecule has 0 spiro atoms. The monoisotopic (exact) mass is 259 g/mol. The predicted molar refractivity (Wildman–Crippen MR) is 69.1 cm³/mol. The van der Waals surface area contributed by atoms with Crippen LogP contribution in [0.1, 0.15) is 11.3 Å². The van der Waals surface area contributed by atoms with Gasteiger partial charge in [0.05, 0.1) is 6.07 Å². The lowest BCUT2D eigenvalue weighted by Crippen LogP contribution is -1.95. The molecule has 0 saturated carbocycles. The molecule has 0 aliphatic heterocycles. The lowest BCUT2D eigenvalue weighted by molar-refractivity contribution is 0.444. The molecule has 0 saturated heterocycles. The third kappa shape index (κ3) is 3.06. The summed E-state index contributed by atoms with van der Waals surface area (Å²) >= 11 is 0. The molecular weight excluding hydrogens is 250 g/mol. The molecule has 0 radical (unpaired) electrons. The van der Waals surface area contributed by atoms with Gasteiger partial charge in [0, 0.05) is 6.07 Å². The van der Waals surface area contributed by atoms with Gasteiger partial charge in [-0.2, -0.15) is 0 Å². The van der Waals surface area contributed by atoms with Gasteiger partial charge in [0.2, 0.25) is 0 Å². The van der Waals surface area contributed by atoms with Crippen molar-refractivity contribution in [3.63, 3.8) is 0 Å². The third-order valence-corrected chi connectivity index (χ3v) is 2.31. The molecule has 2 aromatic rings. The van der Waals surface area contributed by atoms with Crippen molar-refractivity contribution in [3.05, 3.63) is 57.0 Å². The van der Waals surface area contributed by atoms with Gasteiger partial charge in [-0.1, -0.05) is 12.1 Å². The summed E-state index contributed by atoms with van der Waals surface area (Å²) in [6.07, 6.45) is 2.99. The first-order valence-corrected chi connectivity index (χ1v) is 5.27. The second-order valence-corrected chi connectivity index (χ2v) is 3.71. The topological polar surface area (TPSA) is 100 Å². The summed E-state index contributed by atoms with van der Waals surface area (Å²) in [6.45, 7) is 0. The molecule has 6 nitrogen and oxygen atoms in total. The third-order valence-electron chi connectivity index (χ3n) is 2.31. The number of hydrogen-bond donors (Lipinski definition) is 2. The maximum absolute atomic E-state index is 11.0. The first kappa shape index (κ1) is 12.6. The van der Waals surface area contributed by atoms with Crippen LogP contribution in [0.4, 0.5) is 5.69 Å². The highest BCUT2D eigenvalue weighted by atomic mass is 16.4. The van der Waals surface area contributed by atoms with E-state index in [9.17, 15) is 19.9 Å². The van der Waals surface area contributed by atoms with Gasteiger partial charge in [-0.05, 0) is 28.9 Å². The highest BCUT2D eigenvalue weighted by Gasteiger charge is 2.01. The van der Waals surface area contributed by atoms with Crippen LogP contribution in [-0.2, 0) is 0 Å². The van der Waals surface area contributed by atoms with E-state index in [2.05, 4.69) is 5.18 Å². The summed E-state index contributed by atoms with van der Waals surface area (Å²) in [5.41, 5.74) is -0.168. The van der Waals surface area contributed by atoms with Gasteiger partial charge in [-0.15, -0.1) is 4.91 Å². The molecule has 96 valence electrons. The zero-order valence-corrected chi connectivity index (χ0v) is 9.61. The van der Waals surface area contributed by atoms with E-state index in [0.29, 0.717) is 5.56 Å². The van der Waals surface area contributed by atoms with E-state index in [-0.39, 0.29) is 22.9 Å². The zero-order valence-electron chi connectivity index (χ0n) is 9.61. The maximum Gasteiger partial charge on any atom is 0.339 e. The minimum absolute atomic E-state index is 0.0838. The first-order valence-electron chi connectivity index (χ1n) is 5.27. The number of aromatic hydroxyl groups is 2. The molecule has 0 amide bonds. The van der Waals surface area contributed by atoms with Crippen LogP contribution in [-0.4, -0.2) is 10.2 Å². The van der Waals surface area contributed by atoms with Crippen molar-refractivity contribution in [1.82, 2.24) is 0 Å². The largest absolute Gasteiger partial charge is 0.508 e. The summed E-state index contributed by atoms with van der Waals surface area (Å²) in [5.74, 6) is -0.244. The molecule has 0 aliphatic carbocycles. The van der Waals surface area contributed by atoms with Crippen molar-refractivity contribution in [2.24, 2.45) is 5.18 Å². The van der Waals surface area contributed by atoms with Crippen LogP contribution in [0.25, 0.3) is 12.2 Å². The van der Waals surface area contributed by atoms with E-state index in [1.165, 1.54) is 24.3 Å². The number of phenols is 1. The minimum Gasteiger partial charge on any atom is -0.508 e. The van der Waals surface area contributed by atoms with Gasteiger partial charge in [0.25, 0.3) is 0 Å². The Kier molecular flexibility index (Phi) is 3.42. The Hall–Kier alpha value is -2.89. The molecule has 2 N–H and O–H groups in total. The highest BCUT2D eigenvalue weighted by Crippen LogP contribution is 2.27. The Morgan fingerprint density at radius 1 is 1.11 bits per heavy atom. The smallest absolute Gasteiger partial charge is 0.339 e. The van der Waals surface area contributed by atoms with E-state index < -0.39 is 5.63 Å². The number of nitroso groups, excluding NO2 is 1. The Morgan fingerprint density at radius 2 is 1.89 bits per heavy atom. The van der Waals surface area contributed by atoms with Gasteiger partial charge < -0.3 is 14.6 Å². The number of phenolic OH excluding ortho intramolecular Hbond substituents is 1. The fourth-order valence-corrected chi connectivity index (χ4v) is 1.46. The predicted octanol–water partition coefficient (Wildman–Crippen LogP) is 2.62. The van der Waals surface area contributed by atoms with Crippen LogP contribution < -0.4 is 5.63 Å². The molecule has 0 aliphatic rings. The molecule has 1 heterocycles. The average molecular weight is 259 g/mol. The van der Waals surface area contributed by atoms with Crippen molar-refractivity contribution in [1.29, 1.82) is 0 Å². The Morgan fingerprint density at radius 3 is 2.58 bits per heavy atom. The van der Waals surface area contributed by atoms with E-state index in [1.807, 2.05) is 0 Å². The number of hydrogen-bond acceptors (Lipinski definition) is 6. The van der Waals surface area contributed by atoms with Crippen LogP contribution in [0, 0.1) is 4.91 Å². The van der Waals surface area contributed by atoms with Crippen molar-refractivity contribution >= 4 is 17.8 Å². The molecule has 1 aromatic carbocycles. The van der Waals surface area contributed by atoms with Gasteiger partial charge in [-0.3, -0.25) is 0 Å². The van der Waals surface area contributed by atoms with Crippen LogP contribution in [0.15, 0.2) is 44.7 Å². The molecule has 2 rings (SSSR count). The Bertz CT molecular complexity index is 702. The fraction of sp³-hybridized carbons (Fsp3) is 0.